The molecule has 4 heteroatoms. The van der Waals surface area contributed by atoms with Crippen LogP contribution in [0.15, 0.2) is 0 Å². The van der Waals surface area contributed by atoms with Crippen LogP contribution in [-0.2, 0) is 9.53 Å². The van der Waals surface area contributed by atoms with Crippen molar-refractivity contribution in [2.45, 2.75) is 51.9 Å². The van der Waals surface area contributed by atoms with Crippen molar-refractivity contribution in [2.75, 3.05) is 0 Å². The molecule has 3 N–H and O–H groups in total. The van der Waals surface area contributed by atoms with Gasteiger partial charge in [-0.25, -0.2) is 4.79 Å². The second-order valence-electron chi connectivity index (χ2n) is 4.76. The number of carbonyl (C=O) groups excluding carboxylic acids is 1. The van der Waals surface area contributed by atoms with Crippen molar-refractivity contribution in [2.24, 2.45) is 5.73 Å². The molecule has 0 amide bonds. The third kappa shape index (κ3) is 4.85. The molecule has 0 bridgehead atoms. The topological polar surface area (TPSA) is 72.5 Å². The number of hydrogen-bond acceptors (Lipinski definition) is 4. The molecule has 13 heavy (non-hydrogen) atoms. The number of hydrogen-bond donors (Lipinski definition) is 2. The normalized spacial score (nSPS) is 15.3. The van der Waals surface area contributed by atoms with E-state index in [1.807, 2.05) is 0 Å². The smallest absolute Gasteiger partial charge is 0.337 e. The summed E-state index contributed by atoms with van der Waals surface area (Å²) in [6.45, 7) is 8.35. The molecule has 0 saturated heterocycles. The largest absolute Gasteiger partial charge is 0.458 e. The minimum Gasteiger partial charge on any atom is -0.458 e. The van der Waals surface area contributed by atoms with E-state index >= 15 is 0 Å². The molecule has 0 aliphatic carbocycles. The van der Waals surface area contributed by atoms with Crippen LogP contribution < -0.4 is 5.73 Å². The summed E-state index contributed by atoms with van der Waals surface area (Å²) < 4.78 is 4.96. The molecule has 0 aliphatic rings. The summed E-state index contributed by atoms with van der Waals surface area (Å²) in [4.78, 5) is 11.3. The first-order chi connectivity index (χ1) is 5.54. The Bertz CT molecular complexity index is 188. The third-order valence-corrected chi connectivity index (χ3v) is 1.33. The molecule has 78 valence electrons. The molecule has 0 aromatic rings. The van der Waals surface area contributed by atoms with Crippen molar-refractivity contribution in [1.82, 2.24) is 0 Å². The number of rotatable bonds is 2. The van der Waals surface area contributed by atoms with Gasteiger partial charge in [0.1, 0.15) is 5.60 Å². The minimum absolute atomic E-state index is 0.594. The zero-order chi connectivity index (χ0) is 10.9. The van der Waals surface area contributed by atoms with Crippen molar-refractivity contribution >= 4 is 5.97 Å². The lowest BCUT2D eigenvalue weighted by atomic mass is 9.99. The highest BCUT2D eigenvalue weighted by Crippen LogP contribution is 2.13. The number of esters is 1. The summed E-state index contributed by atoms with van der Waals surface area (Å²) in [5.74, 6) is -0.681. The predicted molar refractivity (Wildman–Crippen MR) is 50.1 cm³/mol. The van der Waals surface area contributed by atoms with Gasteiger partial charge in [0.2, 0.25) is 0 Å². The van der Waals surface area contributed by atoms with E-state index in [-0.39, 0.29) is 0 Å². The van der Waals surface area contributed by atoms with E-state index in [2.05, 4.69) is 0 Å². The number of ether oxygens (including phenoxy) is 1. The lowest BCUT2D eigenvalue weighted by Gasteiger charge is -2.27. The SMILES string of the molecule is CC(C)(C)OC(=O)C(O)C(C)(C)N. The van der Waals surface area contributed by atoms with Crippen LogP contribution in [0.25, 0.3) is 0 Å². The van der Waals surface area contributed by atoms with Crippen molar-refractivity contribution < 1.29 is 14.6 Å². The fourth-order valence-electron chi connectivity index (χ4n) is 0.661. The van der Waals surface area contributed by atoms with Crippen LogP contribution in [0.5, 0.6) is 0 Å². The minimum atomic E-state index is -1.29. The summed E-state index contributed by atoms with van der Waals surface area (Å²) in [6.07, 6.45) is -1.29. The Hall–Kier alpha value is -0.610. The Kier molecular flexibility index (Phi) is 3.47. The van der Waals surface area contributed by atoms with Crippen LogP contribution in [0, 0.1) is 0 Å². The highest BCUT2D eigenvalue weighted by molar-refractivity contribution is 5.76. The van der Waals surface area contributed by atoms with Gasteiger partial charge in [0.05, 0.1) is 0 Å². The van der Waals surface area contributed by atoms with Gasteiger partial charge < -0.3 is 15.6 Å². The van der Waals surface area contributed by atoms with E-state index in [0.717, 1.165) is 0 Å². The van der Waals surface area contributed by atoms with E-state index in [0.29, 0.717) is 0 Å². The molecule has 0 fully saturated rings. The molecule has 0 rings (SSSR count). The van der Waals surface area contributed by atoms with Gasteiger partial charge in [-0.1, -0.05) is 0 Å². The summed E-state index contributed by atoms with van der Waals surface area (Å²) >= 11 is 0. The Morgan fingerprint density at radius 3 is 1.92 bits per heavy atom. The van der Waals surface area contributed by atoms with Gasteiger partial charge in [0, 0.05) is 5.54 Å². The fourth-order valence-corrected chi connectivity index (χ4v) is 0.661. The molecule has 4 nitrogen and oxygen atoms in total. The quantitative estimate of drug-likeness (QED) is 0.618. The summed E-state index contributed by atoms with van der Waals surface area (Å²) in [5.41, 5.74) is 3.98. The van der Waals surface area contributed by atoms with Gasteiger partial charge in [0.15, 0.2) is 6.10 Å². The first kappa shape index (κ1) is 12.4. The molecule has 0 heterocycles. The standard InChI is InChI=1S/C9H19NO3/c1-8(2,3)13-7(12)6(11)9(4,5)10/h6,11H,10H2,1-5H3. The Morgan fingerprint density at radius 2 is 1.69 bits per heavy atom. The van der Waals surface area contributed by atoms with Gasteiger partial charge in [-0.2, -0.15) is 0 Å². The average molecular weight is 189 g/mol. The zero-order valence-electron chi connectivity index (χ0n) is 8.92. The molecule has 0 aromatic carbocycles. The first-order valence-corrected chi connectivity index (χ1v) is 4.24. The highest BCUT2D eigenvalue weighted by atomic mass is 16.6. The van der Waals surface area contributed by atoms with Gasteiger partial charge in [0.25, 0.3) is 0 Å². The Labute approximate surface area is 79.1 Å². The lowest BCUT2D eigenvalue weighted by molar-refractivity contribution is -0.168. The molecule has 0 saturated carbocycles. The van der Waals surface area contributed by atoms with Crippen LogP contribution in [0.1, 0.15) is 34.6 Å². The zero-order valence-corrected chi connectivity index (χ0v) is 8.92. The van der Waals surface area contributed by atoms with Gasteiger partial charge >= 0.3 is 5.97 Å². The highest BCUT2D eigenvalue weighted by Gasteiger charge is 2.33. The van der Waals surface area contributed by atoms with Crippen LogP contribution >= 0.6 is 0 Å². The van der Waals surface area contributed by atoms with E-state index < -0.39 is 23.2 Å². The van der Waals surface area contributed by atoms with Crippen molar-refractivity contribution in [3.8, 4) is 0 Å². The van der Waals surface area contributed by atoms with Gasteiger partial charge in [-0.05, 0) is 34.6 Å². The van der Waals surface area contributed by atoms with Crippen LogP contribution in [0.4, 0.5) is 0 Å². The lowest BCUT2D eigenvalue weighted by Crippen LogP contribution is -2.51. The fraction of sp³-hybridized carbons (Fsp3) is 0.889. The third-order valence-electron chi connectivity index (χ3n) is 1.33. The van der Waals surface area contributed by atoms with Crippen molar-refractivity contribution in [1.29, 1.82) is 0 Å². The van der Waals surface area contributed by atoms with E-state index in [1.165, 1.54) is 0 Å². The van der Waals surface area contributed by atoms with Crippen molar-refractivity contribution in [3.05, 3.63) is 0 Å². The maximum atomic E-state index is 11.3. The second-order valence-corrected chi connectivity index (χ2v) is 4.76. The van der Waals surface area contributed by atoms with Crippen LogP contribution in [-0.4, -0.2) is 28.3 Å². The molecule has 0 aromatic heterocycles. The predicted octanol–water partition coefficient (Wildman–Crippen LogP) is 0.426. The summed E-state index contributed by atoms with van der Waals surface area (Å²) in [6, 6.07) is 0. The van der Waals surface area contributed by atoms with E-state index in [1.54, 1.807) is 34.6 Å². The summed E-state index contributed by atoms with van der Waals surface area (Å²) in [5, 5.41) is 9.42. The van der Waals surface area contributed by atoms with E-state index in [9.17, 15) is 9.90 Å². The number of aliphatic hydroxyl groups is 1. The summed E-state index contributed by atoms with van der Waals surface area (Å²) in [7, 11) is 0. The molecule has 1 unspecified atom stereocenters. The van der Waals surface area contributed by atoms with Crippen LogP contribution in [0.2, 0.25) is 0 Å². The molecular formula is C9H19NO3. The van der Waals surface area contributed by atoms with Gasteiger partial charge in [-0.15, -0.1) is 0 Å². The first-order valence-electron chi connectivity index (χ1n) is 4.24. The maximum Gasteiger partial charge on any atom is 0.337 e. The average Bonchev–Trinajstić information content (AvgIpc) is 1.79. The maximum absolute atomic E-state index is 11.3. The monoisotopic (exact) mass is 189 g/mol. The second kappa shape index (κ2) is 3.64. The molecule has 0 radical (unpaired) electrons. The number of aliphatic hydroxyl groups excluding tert-OH is 1. The number of nitrogens with two attached hydrogens (primary N) is 1. The number of carbonyl (C=O) groups is 1. The molecule has 1 atom stereocenters. The molecule has 0 aliphatic heterocycles. The van der Waals surface area contributed by atoms with E-state index in [4.69, 9.17) is 10.5 Å². The molecular weight excluding hydrogens is 170 g/mol. The van der Waals surface area contributed by atoms with Gasteiger partial charge in [-0.3, -0.25) is 0 Å². The Balaban J connectivity index is 4.30. The Morgan fingerprint density at radius 1 is 1.31 bits per heavy atom. The molecule has 0 spiro atoms. The van der Waals surface area contributed by atoms with Crippen LogP contribution in [0.3, 0.4) is 0 Å². The van der Waals surface area contributed by atoms with Crippen molar-refractivity contribution in [3.63, 3.8) is 0 Å².